The first-order chi connectivity index (χ1) is 11.9. The smallest absolute Gasteiger partial charge is 0.406 e. The number of alkyl halides is 3. The Balaban J connectivity index is 1.70. The number of fused-ring (bicyclic) bond motifs is 3. The maximum atomic E-state index is 13.2. The van der Waals surface area contributed by atoms with Crippen molar-refractivity contribution in [3.8, 4) is 5.75 Å². The predicted octanol–water partition coefficient (Wildman–Crippen LogP) is 5.55. The van der Waals surface area contributed by atoms with Crippen LogP contribution in [0.3, 0.4) is 0 Å². The van der Waals surface area contributed by atoms with Crippen molar-refractivity contribution in [3.05, 3.63) is 71.6 Å². The zero-order valence-electron chi connectivity index (χ0n) is 13.1. The molecule has 0 bridgehead atoms. The normalized spacial score (nSPS) is 24.4. The summed E-state index contributed by atoms with van der Waals surface area (Å²) in [6.07, 6.45) is 0.166. The van der Waals surface area contributed by atoms with E-state index in [2.05, 4.69) is 10.1 Å². The minimum Gasteiger partial charge on any atom is -0.406 e. The summed E-state index contributed by atoms with van der Waals surface area (Å²) in [6, 6.07) is 10.7. The molecule has 2 aromatic carbocycles. The van der Waals surface area contributed by atoms with Crippen LogP contribution in [0, 0.1) is 11.7 Å². The number of benzene rings is 2. The van der Waals surface area contributed by atoms with Crippen LogP contribution in [-0.4, -0.2) is 6.36 Å². The van der Waals surface area contributed by atoms with Gasteiger partial charge in [0, 0.05) is 11.6 Å². The maximum absolute atomic E-state index is 13.2. The molecular weight excluding hydrogens is 334 g/mol. The zero-order valence-corrected chi connectivity index (χ0v) is 13.1. The molecule has 0 saturated heterocycles. The fraction of sp³-hybridized carbons (Fsp3) is 0.263. The van der Waals surface area contributed by atoms with Crippen molar-refractivity contribution in [2.24, 2.45) is 5.92 Å². The summed E-state index contributed by atoms with van der Waals surface area (Å²) in [5, 5.41) is 3.39. The second-order valence-corrected chi connectivity index (χ2v) is 6.32. The van der Waals surface area contributed by atoms with Gasteiger partial charge in [0.25, 0.3) is 0 Å². The topological polar surface area (TPSA) is 21.3 Å². The molecule has 0 aromatic heterocycles. The summed E-state index contributed by atoms with van der Waals surface area (Å²) in [6.45, 7) is 0. The molecule has 2 nitrogen and oxygen atoms in total. The SMILES string of the molecule is Fc1ccc([C@@H]2Nc3ccc(OC(F)(F)F)cc3[C@@H]3C=CC[C@@H]32)cc1. The van der Waals surface area contributed by atoms with Crippen molar-refractivity contribution in [2.75, 3.05) is 5.32 Å². The molecule has 1 aliphatic carbocycles. The molecule has 1 aliphatic heterocycles. The highest BCUT2D eigenvalue weighted by atomic mass is 19.4. The third-order valence-corrected chi connectivity index (χ3v) is 4.80. The first-order valence-corrected chi connectivity index (χ1v) is 7.99. The lowest BCUT2D eigenvalue weighted by molar-refractivity contribution is -0.274. The van der Waals surface area contributed by atoms with Gasteiger partial charge in [0.15, 0.2) is 0 Å². The molecule has 2 aliphatic rings. The number of hydrogen-bond donors (Lipinski definition) is 1. The highest BCUT2D eigenvalue weighted by molar-refractivity contribution is 5.61. The van der Waals surface area contributed by atoms with Crippen LogP contribution in [0.4, 0.5) is 23.2 Å². The Bertz CT molecular complexity index is 813. The lowest BCUT2D eigenvalue weighted by Crippen LogP contribution is -2.29. The van der Waals surface area contributed by atoms with Crippen molar-refractivity contribution in [2.45, 2.75) is 24.7 Å². The molecule has 4 rings (SSSR count). The van der Waals surface area contributed by atoms with E-state index in [1.807, 2.05) is 12.2 Å². The minimum absolute atomic E-state index is 0.00286. The number of ether oxygens (including phenoxy) is 1. The van der Waals surface area contributed by atoms with Crippen molar-refractivity contribution in [1.82, 2.24) is 0 Å². The van der Waals surface area contributed by atoms with E-state index in [0.717, 1.165) is 23.2 Å². The van der Waals surface area contributed by atoms with Gasteiger partial charge >= 0.3 is 6.36 Å². The second-order valence-electron chi connectivity index (χ2n) is 6.32. The van der Waals surface area contributed by atoms with E-state index in [9.17, 15) is 17.6 Å². The Morgan fingerprint density at radius 1 is 1.04 bits per heavy atom. The predicted molar refractivity (Wildman–Crippen MR) is 85.9 cm³/mol. The molecule has 1 heterocycles. The molecule has 0 amide bonds. The van der Waals surface area contributed by atoms with Crippen LogP contribution in [0.15, 0.2) is 54.6 Å². The quantitative estimate of drug-likeness (QED) is 0.567. The average Bonchev–Trinajstić information content (AvgIpc) is 3.03. The van der Waals surface area contributed by atoms with E-state index in [-0.39, 0.29) is 29.4 Å². The molecule has 25 heavy (non-hydrogen) atoms. The molecule has 0 unspecified atom stereocenters. The Kier molecular flexibility index (Phi) is 3.71. The number of hydrogen-bond acceptors (Lipinski definition) is 2. The molecule has 0 saturated carbocycles. The van der Waals surface area contributed by atoms with Crippen LogP contribution < -0.4 is 10.1 Å². The summed E-state index contributed by atoms with van der Waals surface area (Å²) in [7, 11) is 0. The minimum atomic E-state index is -4.71. The number of anilines is 1. The van der Waals surface area contributed by atoms with Crippen molar-refractivity contribution < 1.29 is 22.3 Å². The first kappa shape index (κ1) is 16.0. The van der Waals surface area contributed by atoms with Crippen LogP contribution in [0.5, 0.6) is 5.75 Å². The van der Waals surface area contributed by atoms with E-state index >= 15 is 0 Å². The van der Waals surface area contributed by atoms with Gasteiger partial charge < -0.3 is 10.1 Å². The van der Waals surface area contributed by atoms with Gasteiger partial charge in [-0.25, -0.2) is 4.39 Å². The molecule has 0 radical (unpaired) electrons. The highest BCUT2D eigenvalue weighted by Gasteiger charge is 2.39. The van der Waals surface area contributed by atoms with Gasteiger partial charge in [0.1, 0.15) is 11.6 Å². The third-order valence-electron chi connectivity index (χ3n) is 4.80. The Labute approximate surface area is 142 Å². The standard InChI is InChI=1S/C19H15F4NO/c20-12-6-4-11(5-7-12)18-15-3-1-2-14(15)16-10-13(25-19(21,22)23)8-9-17(16)24-18/h1-2,4-10,14-15,18,24H,3H2/t14-,15+,18+/m1/s1. The maximum Gasteiger partial charge on any atom is 0.573 e. The van der Waals surface area contributed by atoms with E-state index in [0.29, 0.717) is 0 Å². The van der Waals surface area contributed by atoms with Crippen molar-refractivity contribution in [3.63, 3.8) is 0 Å². The van der Waals surface area contributed by atoms with Crippen LogP contribution in [0.25, 0.3) is 0 Å². The lowest BCUT2D eigenvalue weighted by Gasteiger charge is -2.37. The molecule has 130 valence electrons. The van der Waals surface area contributed by atoms with Crippen molar-refractivity contribution in [1.29, 1.82) is 0 Å². The molecule has 0 spiro atoms. The summed E-state index contributed by atoms with van der Waals surface area (Å²) < 4.78 is 54.7. The third kappa shape index (κ3) is 3.08. The first-order valence-electron chi connectivity index (χ1n) is 7.99. The number of halogens is 4. The highest BCUT2D eigenvalue weighted by Crippen LogP contribution is 2.50. The van der Waals surface area contributed by atoms with E-state index in [1.165, 1.54) is 24.3 Å². The summed E-state index contributed by atoms with van der Waals surface area (Å²) >= 11 is 0. The van der Waals surface area contributed by atoms with Gasteiger partial charge in [-0.2, -0.15) is 0 Å². The molecule has 0 fully saturated rings. The van der Waals surface area contributed by atoms with E-state index in [1.54, 1.807) is 18.2 Å². The van der Waals surface area contributed by atoms with Crippen molar-refractivity contribution >= 4 is 5.69 Å². The largest absolute Gasteiger partial charge is 0.573 e. The summed E-state index contributed by atoms with van der Waals surface area (Å²) in [4.78, 5) is 0. The summed E-state index contributed by atoms with van der Waals surface area (Å²) in [5.41, 5.74) is 2.52. The molecular formula is C19H15F4NO. The molecule has 1 N–H and O–H groups in total. The number of rotatable bonds is 2. The fourth-order valence-corrected chi connectivity index (χ4v) is 3.77. The van der Waals surface area contributed by atoms with E-state index < -0.39 is 6.36 Å². The number of nitrogens with one attached hydrogen (secondary N) is 1. The van der Waals surface area contributed by atoms with Gasteiger partial charge in [-0.1, -0.05) is 24.3 Å². The van der Waals surface area contributed by atoms with Crippen LogP contribution in [0.1, 0.15) is 29.5 Å². The fourth-order valence-electron chi connectivity index (χ4n) is 3.77. The second kappa shape index (κ2) is 5.79. The molecule has 2 aromatic rings. The van der Waals surface area contributed by atoms with Gasteiger partial charge in [-0.05, 0) is 53.8 Å². The van der Waals surface area contributed by atoms with Crippen LogP contribution in [-0.2, 0) is 0 Å². The zero-order chi connectivity index (χ0) is 17.6. The van der Waals surface area contributed by atoms with E-state index in [4.69, 9.17) is 0 Å². The van der Waals surface area contributed by atoms with Gasteiger partial charge in [-0.3, -0.25) is 0 Å². The Hall–Kier alpha value is -2.50. The Morgan fingerprint density at radius 2 is 1.80 bits per heavy atom. The Morgan fingerprint density at radius 3 is 2.52 bits per heavy atom. The summed E-state index contributed by atoms with van der Waals surface area (Å²) in [5.74, 6) is -0.343. The van der Waals surface area contributed by atoms with Crippen LogP contribution in [0.2, 0.25) is 0 Å². The van der Waals surface area contributed by atoms with Gasteiger partial charge in [0.2, 0.25) is 0 Å². The van der Waals surface area contributed by atoms with Crippen LogP contribution >= 0.6 is 0 Å². The van der Waals surface area contributed by atoms with Gasteiger partial charge in [0.05, 0.1) is 6.04 Å². The molecule has 6 heteroatoms. The van der Waals surface area contributed by atoms with Gasteiger partial charge in [-0.15, -0.1) is 13.2 Å². The lowest BCUT2D eigenvalue weighted by atomic mass is 9.77. The monoisotopic (exact) mass is 349 g/mol. The molecule has 3 atom stereocenters. The average molecular weight is 349 g/mol. The number of allylic oxidation sites excluding steroid dienone is 2.